The van der Waals surface area contributed by atoms with Crippen LogP contribution in [-0.4, -0.2) is 70.0 Å². The number of rotatable bonds is 15. The van der Waals surface area contributed by atoms with Gasteiger partial charge in [0, 0.05) is 70.1 Å². The van der Waals surface area contributed by atoms with Crippen LogP contribution < -0.4 is 27.0 Å². The number of nitrogens with zero attached hydrogens (tertiary/aromatic N) is 5. The number of thiophene rings is 1. The van der Waals surface area contributed by atoms with Gasteiger partial charge in [0.15, 0.2) is 0 Å². The fourth-order valence-corrected chi connectivity index (χ4v) is 13.6. The first-order chi connectivity index (χ1) is 53.9. The van der Waals surface area contributed by atoms with E-state index in [0.29, 0.717) is 63.1 Å². The van der Waals surface area contributed by atoms with Crippen LogP contribution in [0.4, 0.5) is 44.7 Å². The zero-order chi connectivity index (χ0) is 76.7. The highest BCUT2D eigenvalue weighted by Gasteiger charge is 2.31. The first-order valence-corrected chi connectivity index (χ1v) is 36.4. The van der Waals surface area contributed by atoms with E-state index in [-0.39, 0.29) is 58.6 Å². The van der Waals surface area contributed by atoms with Crippen molar-refractivity contribution in [3.8, 4) is 0 Å². The maximum atomic E-state index is 14.5. The van der Waals surface area contributed by atoms with Crippen molar-refractivity contribution in [2.75, 3.05) is 21.7 Å². The second kappa shape index (κ2) is 32.3. The van der Waals surface area contributed by atoms with Crippen LogP contribution in [-0.2, 0) is 32.6 Å². The fourth-order valence-electron chi connectivity index (χ4n) is 12.9. The van der Waals surface area contributed by atoms with Gasteiger partial charge in [0.25, 0.3) is 0 Å². The molecule has 16 aromatic rings. The number of nitrogens with two attached hydrogens (primary N) is 1. The van der Waals surface area contributed by atoms with Gasteiger partial charge in [0.1, 0.15) is 35.1 Å². The standard InChI is InChI=1S/C25H18FN3OS.C24H19FN4O2.C23H18FN3O.C16H13F2N3/c26-21-15-23-20(14-24(21)27-25(30)13-19-6-3-11-31-19)22(28-29-23)10-8-16-7-9-17-4-1-2-5-18(17)12-16;25-18-13-21-17(12-22(18)27-24(31)20-9-10-23(30)26-20)19(28-29-21)8-6-14-5-7-15-3-1-2-4-16(15)11-14;24-19-13-21-18(12-22(19)25-23(28)16-8-9-16)20(26-27-21)10-6-14-5-7-15-3-1-2-4-17(15)11-14;1-21-16-9-13(18)14(19)8-12(16)15(20-21)6-5-10-3-2-4-11(17)7-10/h1-12,14-15H,13H2,(H,27,30)(H,28,29);1-8,11-13,20H,9-10H2,(H,26,30)(H,27,31)(H,28,29);1-7,10-13,16H,8-9H2,(H,25,28)(H,26,27);2-9H,19H2,1H3/b10-8+;8-6+;10-6+;6-5+/t;20-;;/m.0../s1. The lowest BCUT2D eigenvalue weighted by Gasteiger charge is -2.11. The third kappa shape index (κ3) is 17.2. The van der Waals surface area contributed by atoms with Crippen LogP contribution in [0.15, 0.2) is 218 Å². The minimum absolute atomic E-state index is 0.0201. The molecule has 0 unspecified atom stereocenters. The fraction of sp³-hybridized carbons (Fsp3) is 0.0909. The molecule has 6 heterocycles. The molecule has 17 nitrogen and oxygen atoms in total. The van der Waals surface area contributed by atoms with Crippen molar-refractivity contribution in [3.05, 3.63) is 297 Å². The molecule has 1 aliphatic carbocycles. The Morgan fingerprint density at radius 3 is 1.38 bits per heavy atom. The van der Waals surface area contributed by atoms with E-state index in [9.17, 15) is 41.1 Å². The molecule has 18 rings (SSSR count). The topological polar surface area (TPSA) is 246 Å². The molecule has 2 aliphatic rings. The molecule has 23 heteroatoms. The summed E-state index contributed by atoms with van der Waals surface area (Å²) in [6, 6.07) is 64.3. The van der Waals surface area contributed by atoms with Gasteiger partial charge in [-0.15, -0.1) is 11.3 Å². The second-order valence-corrected chi connectivity index (χ2v) is 27.8. The summed E-state index contributed by atoms with van der Waals surface area (Å²) in [5.41, 5.74) is 15.0. The van der Waals surface area contributed by atoms with Gasteiger partial charge in [0.2, 0.25) is 23.6 Å². The molecule has 1 saturated heterocycles. The Labute approximate surface area is 635 Å². The molecule has 0 bridgehead atoms. The number of hydrogen-bond donors (Lipinski definition) is 8. The van der Waals surface area contributed by atoms with Crippen LogP contribution in [0.25, 0.3) is 125 Å². The van der Waals surface area contributed by atoms with E-state index < -0.39 is 35.2 Å². The molecule has 1 aliphatic heterocycles. The molecular formula is C88H68F5N13O4S. The number of aryl methyl sites for hydroxylation is 1. The second-order valence-electron chi connectivity index (χ2n) is 26.8. The summed E-state index contributed by atoms with van der Waals surface area (Å²) in [6.07, 6.45) is 17.7. The Morgan fingerprint density at radius 1 is 0.468 bits per heavy atom. The number of hydrogen-bond acceptors (Lipinski definition) is 10. The molecule has 4 amide bonds. The van der Waals surface area contributed by atoms with E-state index in [1.165, 1.54) is 69.3 Å². The summed E-state index contributed by atoms with van der Waals surface area (Å²) in [5, 5.41) is 48.1. The van der Waals surface area contributed by atoms with Crippen molar-refractivity contribution in [1.29, 1.82) is 0 Å². The van der Waals surface area contributed by atoms with Gasteiger partial charge in [0.05, 0.1) is 74.0 Å². The third-order valence-electron chi connectivity index (χ3n) is 18.9. The molecule has 9 N–H and O–H groups in total. The predicted molar refractivity (Wildman–Crippen MR) is 435 cm³/mol. The van der Waals surface area contributed by atoms with Crippen molar-refractivity contribution in [3.63, 3.8) is 0 Å². The zero-order valence-electron chi connectivity index (χ0n) is 59.3. The lowest BCUT2D eigenvalue weighted by atomic mass is 10.1. The Balaban J connectivity index is 0.000000118. The van der Waals surface area contributed by atoms with Crippen LogP contribution >= 0.6 is 11.3 Å². The molecule has 0 radical (unpaired) electrons. The molecule has 1 saturated carbocycles. The van der Waals surface area contributed by atoms with E-state index in [4.69, 9.17) is 5.73 Å². The molecule has 2 fully saturated rings. The van der Waals surface area contributed by atoms with Gasteiger partial charge < -0.3 is 27.0 Å². The molecule has 5 aromatic heterocycles. The summed E-state index contributed by atoms with van der Waals surface area (Å²) >= 11 is 1.50. The Kier molecular flexibility index (Phi) is 21.1. The van der Waals surface area contributed by atoms with Gasteiger partial charge in [-0.05, 0) is 164 Å². The highest BCUT2D eigenvalue weighted by molar-refractivity contribution is 7.10. The molecule has 550 valence electrons. The van der Waals surface area contributed by atoms with Gasteiger partial charge in [-0.2, -0.15) is 20.4 Å². The minimum atomic E-state index is -0.640. The monoisotopic (exact) mass is 1500 g/mol. The number of H-pyrrole nitrogens is 3. The Morgan fingerprint density at radius 2 is 0.928 bits per heavy atom. The van der Waals surface area contributed by atoms with Crippen LogP contribution in [0.3, 0.4) is 0 Å². The van der Waals surface area contributed by atoms with E-state index >= 15 is 0 Å². The van der Waals surface area contributed by atoms with Gasteiger partial charge >= 0.3 is 0 Å². The van der Waals surface area contributed by atoms with Crippen LogP contribution in [0, 0.1) is 35.0 Å². The number of aromatic nitrogens is 8. The largest absolute Gasteiger partial charge is 0.396 e. The van der Waals surface area contributed by atoms with E-state index in [1.54, 1.807) is 60.3 Å². The number of nitrogen functional groups attached to an aromatic ring is 1. The molecule has 0 spiro atoms. The Hall–Kier alpha value is -13.9. The lowest BCUT2D eigenvalue weighted by Crippen LogP contribution is -2.37. The highest BCUT2D eigenvalue weighted by Crippen LogP contribution is 2.34. The van der Waals surface area contributed by atoms with Crippen molar-refractivity contribution in [2.45, 2.75) is 38.1 Å². The van der Waals surface area contributed by atoms with Gasteiger partial charge in [-0.25, -0.2) is 22.0 Å². The summed E-state index contributed by atoms with van der Waals surface area (Å²) in [5.74, 6) is -3.25. The average molecular weight is 1500 g/mol. The van der Waals surface area contributed by atoms with E-state index in [2.05, 4.69) is 136 Å². The average Bonchev–Trinajstić information content (AvgIpc) is 1.65. The number of benzene rings is 11. The van der Waals surface area contributed by atoms with Crippen molar-refractivity contribution >= 4 is 182 Å². The number of nitrogens with one attached hydrogen (secondary N) is 7. The molecule has 11 aromatic carbocycles. The number of anilines is 4. The smallest absolute Gasteiger partial charge is 0.247 e. The summed E-state index contributed by atoms with van der Waals surface area (Å²) in [4.78, 5) is 48.9. The number of fused-ring (bicyclic) bond motifs is 7. The van der Waals surface area contributed by atoms with Crippen molar-refractivity contribution < 1.29 is 41.1 Å². The summed E-state index contributed by atoms with van der Waals surface area (Å²) < 4.78 is 71.5. The highest BCUT2D eigenvalue weighted by atomic mass is 32.1. The van der Waals surface area contributed by atoms with Crippen LogP contribution in [0.2, 0.25) is 0 Å². The maximum Gasteiger partial charge on any atom is 0.247 e. The van der Waals surface area contributed by atoms with Crippen LogP contribution in [0.1, 0.15) is 75.6 Å². The summed E-state index contributed by atoms with van der Waals surface area (Å²) in [6.45, 7) is 0. The molecule has 111 heavy (non-hydrogen) atoms. The zero-order valence-corrected chi connectivity index (χ0v) is 60.2. The first kappa shape index (κ1) is 72.6. The normalized spacial score (nSPS) is 13.5. The molecular weight excluding hydrogens is 1430 g/mol. The third-order valence-corrected chi connectivity index (χ3v) is 19.8. The summed E-state index contributed by atoms with van der Waals surface area (Å²) in [7, 11) is 1.73. The molecule has 1 atom stereocenters. The van der Waals surface area contributed by atoms with E-state index in [1.807, 2.05) is 102 Å². The number of halogens is 5. The van der Waals surface area contributed by atoms with Crippen molar-refractivity contribution in [2.24, 2.45) is 13.0 Å². The number of carbonyl (C=O) groups is 4. The van der Waals surface area contributed by atoms with Gasteiger partial charge in [-0.1, -0.05) is 152 Å². The number of amides is 4. The SMILES string of the molecule is Cn1nc(/C=C/c2cccc(F)c2)c2cc(N)c(F)cc21.O=C(Cc1cccs1)Nc1cc2c(/C=C/c3ccc4ccccc4c3)n[nH]c2cc1F.O=C(Nc1cc2c(/C=C/c3ccc4ccccc4c3)n[nH]c2cc1F)C1CC1.O=C1CC[C@@H](C(=O)Nc2cc3c(/C=C/c4ccc5ccccc5c4)n[nH]c3cc2F)N1. The maximum absolute atomic E-state index is 14.5. The Bertz CT molecular complexity index is 6390. The lowest BCUT2D eigenvalue weighted by molar-refractivity contribution is -0.122. The minimum Gasteiger partial charge on any atom is -0.396 e. The number of aromatic amines is 3. The number of carbonyl (C=O) groups excluding carboxylic acids is 4. The predicted octanol–water partition coefficient (Wildman–Crippen LogP) is 19.5. The van der Waals surface area contributed by atoms with Crippen LogP contribution in [0.5, 0.6) is 0 Å². The quantitative estimate of drug-likeness (QED) is 0.0359. The van der Waals surface area contributed by atoms with Crippen molar-refractivity contribution in [1.82, 2.24) is 45.7 Å². The first-order valence-electron chi connectivity index (χ1n) is 35.6. The van der Waals surface area contributed by atoms with E-state index in [0.717, 1.165) is 66.9 Å². The van der Waals surface area contributed by atoms with Gasteiger partial charge in [-0.3, -0.25) is 39.2 Å².